The minimum absolute atomic E-state index is 0.232. The Balaban J connectivity index is 2.28. The molecular formula is C14H20FNO. The molecule has 1 aromatic rings. The summed E-state index contributed by atoms with van der Waals surface area (Å²) in [4.78, 5) is 2.12. The summed E-state index contributed by atoms with van der Waals surface area (Å²) in [6.07, 6.45) is 0.492. The van der Waals surface area contributed by atoms with Gasteiger partial charge in [-0.05, 0) is 43.9 Å². The lowest BCUT2D eigenvalue weighted by Gasteiger charge is -2.24. The maximum Gasteiger partial charge on any atom is 0.146 e. The summed E-state index contributed by atoms with van der Waals surface area (Å²) in [6.45, 7) is 6.88. The van der Waals surface area contributed by atoms with Crippen LogP contribution in [0.2, 0.25) is 0 Å². The summed E-state index contributed by atoms with van der Waals surface area (Å²) in [6, 6.07) is 5.41. The van der Waals surface area contributed by atoms with E-state index in [0.29, 0.717) is 23.2 Å². The Kier molecular flexibility index (Phi) is 3.38. The molecule has 2 rings (SSSR count). The molecule has 2 nitrogen and oxygen atoms in total. The van der Waals surface area contributed by atoms with Crippen LogP contribution < -0.4 is 4.90 Å². The number of aliphatic hydroxyl groups is 1. The molecular weight excluding hydrogens is 217 g/mol. The van der Waals surface area contributed by atoms with Crippen LogP contribution >= 0.6 is 0 Å². The average Bonchev–Trinajstić information content (AvgIpc) is 2.57. The fourth-order valence-electron chi connectivity index (χ4n) is 2.65. The second-order valence-corrected chi connectivity index (χ2v) is 5.23. The molecule has 0 aliphatic carbocycles. The third-order valence-electron chi connectivity index (χ3n) is 3.55. The molecule has 1 fully saturated rings. The predicted molar refractivity (Wildman–Crippen MR) is 67.6 cm³/mol. The first-order valence-electron chi connectivity index (χ1n) is 6.23. The maximum atomic E-state index is 14.0. The zero-order valence-electron chi connectivity index (χ0n) is 10.7. The fourth-order valence-corrected chi connectivity index (χ4v) is 2.65. The van der Waals surface area contributed by atoms with Gasteiger partial charge < -0.3 is 10.0 Å². The molecule has 1 N–H and O–H groups in total. The van der Waals surface area contributed by atoms with Gasteiger partial charge in [0.15, 0.2) is 0 Å². The number of anilines is 1. The lowest BCUT2D eigenvalue weighted by atomic mass is 10.1. The minimum Gasteiger partial charge on any atom is -0.389 e. The summed E-state index contributed by atoms with van der Waals surface area (Å²) in [5.74, 6) is 0.380. The summed E-state index contributed by atoms with van der Waals surface area (Å²) in [5.41, 5.74) is 1.29. The van der Waals surface area contributed by atoms with Gasteiger partial charge >= 0.3 is 0 Å². The molecule has 1 aliphatic rings. The second kappa shape index (κ2) is 4.65. The molecule has 0 spiro atoms. The van der Waals surface area contributed by atoms with Crippen LogP contribution in [0.4, 0.5) is 10.1 Å². The number of nitrogens with zero attached hydrogens (tertiary/aromatic N) is 1. The van der Waals surface area contributed by atoms with Crippen LogP contribution in [0.15, 0.2) is 18.2 Å². The van der Waals surface area contributed by atoms with Crippen molar-refractivity contribution in [1.82, 2.24) is 0 Å². The van der Waals surface area contributed by atoms with Crippen molar-refractivity contribution in [3.8, 4) is 0 Å². The van der Waals surface area contributed by atoms with Crippen LogP contribution in [0.1, 0.15) is 38.9 Å². The molecule has 1 aliphatic heterocycles. The van der Waals surface area contributed by atoms with E-state index < -0.39 is 6.10 Å². The standard InChI is InChI=1S/C14H20FNO/c1-9-6-10(2)16(8-9)14-5-4-12(11(3)17)7-13(14)15/h4-5,7,9-11,17H,6,8H2,1-3H3/t9?,10?,11-/m0/s1. The third kappa shape index (κ3) is 2.44. The summed E-state index contributed by atoms with van der Waals surface area (Å²) in [7, 11) is 0. The lowest BCUT2D eigenvalue weighted by Crippen LogP contribution is -2.27. The van der Waals surface area contributed by atoms with E-state index in [0.717, 1.165) is 13.0 Å². The van der Waals surface area contributed by atoms with Gasteiger partial charge in [0.05, 0.1) is 11.8 Å². The largest absolute Gasteiger partial charge is 0.389 e. The summed E-state index contributed by atoms with van der Waals surface area (Å²) < 4.78 is 14.0. The van der Waals surface area contributed by atoms with E-state index in [2.05, 4.69) is 18.7 Å². The number of aliphatic hydroxyl groups excluding tert-OH is 1. The minimum atomic E-state index is -0.617. The number of benzene rings is 1. The van der Waals surface area contributed by atoms with E-state index in [1.807, 2.05) is 0 Å². The molecule has 1 aromatic carbocycles. The van der Waals surface area contributed by atoms with Crippen molar-refractivity contribution in [3.63, 3.8) is 0 Å². The Labute approximate surface area is 102 Å². The Bertz CT molecular complexity index is 405. The zero-order valence-corrected chi connectivity index (χ0v) is 10.7. The molecule has 3 heteroatoms. The van der Waals surface area contributed by atoms with Crippen LogP contribution in [-0.4, -0.2) is 17.7 Å². The highest BCUT2D eigenvalue weighted by molar-refractivity contribution is 5.51. The molecule has 1 heterocycles. The van der Waals surface area contributed by atoms with Gasteiger partial charge in [0.2, 0.25) is 0 Å². The van der Waals surface area contributed by atoms with Gasteiger partial charge in [-0.2, -0.15) is 0 Å². The van der Waals surface area contributed by atoms with Crippen molar-refractivity contribution in [3.05, 3.63) is 29.6 Å². The van der Waals surface area contributed by atoms with Gasteiger partial charge in [-0.1, -0.05) is 13.0 Å². The van der Waals surface area contributed by atoms with E-state index in [1.165, 1.54) is 6.07 Å². The molecule has 2 unspecified atom stereocenters. The lowest BCUT2D eigenvalue weighted by molar-refractivity contribution is 0.199. The number of hydrogen-bond donors (Lipinski definition) is 1. The Morgan fingerprint density at radius 2 is 2.12 bits per heavy atom. The first-order chi connectivity index (χ1) is 7.99. The van der Waals surface area contributed by atoms with Crippen LogP contribution in [0.3, 0.4) is 0 Å². The smallest absolute Gasteiger partial charge is 0.146 e. The number of hydrogen-bond acceptors (Lipinski definition) is 2. The van der Waals surface area contributed by atoms with Crippen molar-refractivity contribution in [2.24, 2.45) is 5.92 Å². The van der Waals surface area contributed by atoms with Crippen LogP contribution in [0, 0.1) is 11.7 Å². The van der Waals surface area contributed by atoms with Crippen molar-refractivity contribution >= 4 is 5.69 Å². The monoisotopic (exact) mass is 237 g/mol. The molecule has 0 aromatic heterocycles. The SMILES string of the molecule is CC1CC(C)N(c2ccc([C@H](C)O)cc2F)C1. The van der Waals surface area contributed by atoms with Crippen molar-refractivity contribution in [2.75, 3.05) is 11.4 Å². The van der Waals surface area contributed by atoms with E-state index in [1.54, 1.807) is 19.1 Å². The normalized spacial score (nSPS) is 26.3. The van der Waals surface area contributed by atoms with Gasteiger partial charge in [-0.3, -0.25) is 0 Å². The molecule has 17 heavy (non-hydrogen) atoms. The molecule has 0 amide bonds. The highest BCUT2D eigenvalue weighted by atomic mass is 19.1. The molecule has 3 atom stereocenters. The fraction of sp³-hybridized carbons (Fsp3) is 0.571. The quantitative estimate of drug-likeness (QED) is 0.854. The first kappa shape index (κ1) is 12.4. The summed E-state index contributed by atoms with van der Waals surface area (Å²) in [5, 5.41) is 9.42. The van der Waals surface area contributed by atoms with Crippen molar-refractivity contribution < 1.29 is 9.50 Å². The van der Waals surface area contributed by atoms with E-state index in [-0.39, 0.29) is 5.82 Å². The van der Waals surface area contributed by atoms with E-state index in [9.17, 15) is 9.50 Å². The van der Waals surface area contributed by atoms with Gasteiger partial charge in [0, 0.05) is 12.6 Å². The zero-order chi connectivity index (χ0) is 12.6. The maximum absolute atomic E-state index is 14.0. The van der Waals surface area contributed by atoms with Crippen LogP contribution in [0.25, 0.3) is 0 Å². The van der Waals surface area contributed by atoms with Crippen molar-refractivity contribution in [2.45, 2.75) is 39.3 Å². The van der Waals surface area contributed by atoms with E-state index in [4.69, 9.17) is 0 Å². The van der Waals surface area contributed by atoms with Gasteiger partial charge in [-0.15, -0.1) is 0 Å². The van der Waals surface area contributed by atoms with E-state index >= 15 is 0 Å². The Morgan fingerprint density at radius 1 is 1.41 bits per heavy atom. The second-order valence-electron chi connectivity index (χ2n) is 5.23. The number of rotatable bonds is 2. The Hall–Kier alpha value is -1.09. The molecule has 0 saturated carbocycles. The van der Waals surface area contributed by atoms with Crippen LogP contribution in [-0.2, 0) is 0 Å². The molecule has 1 saturated heterocycles. The topological polar surface area (TPSA) is 23.5 Å². The first-order valence-corrected chi connectivity index (χ1v) is 6.23. The highest BCUT2D eigenvalue weighted by Crippen LogP contribution is 2.31. The number of halogens is 1. The van der Waals surface area contributed by atoms with Gasteiger partial charge in [0.1, 0.15) is 5.82 Å². The molecule has 94 valence electrons. The summed E-state index contributed by atoms with van der Waals surface area (Å²) >= 11 is 0. The highest BCUT2D eigenvalue weighted by Gasteiger charge is 2.28. The third-order valence-corrected chi connectivity index (χ3v) is 3.55. The van der Waals surface area contributed by atoms with Crippen LogP contribution in [0.5, 0.6) is 0 Å². The van der Waals surface area contributed by atoms with Gasteiger partial charge in [-0.25, -0.2) is 4.39 Å². The predicted octanol–water partition coefficient (Wildman–Crippen LogP) is 3.11. The molecule has 0 bridgehead atoms. The van der Waals surface area contributed by atoms with Crippen molar-refractivity contribution in [1.29, 1.82) is 0 Å². The average molecular weight is 237 g/mol. The Morgan fingerprint density at radius 3 is 2.59 bits per heavy atom. The molecule has 0 radical (unpaired) electrons. The van der Waals surface area contributed by atoms with Gasteiger partial charge in [0.25, 0.3) is 0 Å².